The Morgan fingerprint density at radius 2 is 2.04 bits per heavy atom. The fourth-order valence-electron chi connectivity index (χ4n) is 3.92. The highest BCUT2D eigenvalue weighted by atomic mass is 79.9. The van der Waals surface area contributed by atoms with Crippen LogP contribution in [-0.4, -0.2) is 23.6 Å². The van der Waals surface area contributed by atoms with Gasteiger partial charge < -0.3 is 4.74 Å². The van der Waals surface area contributed by atoms with Gasteiger partial charge in [-0.25, -0.2) is 0 Å². The van der Waals surface area contributed by atoms with Crippen molar-refractivity contribution in [3.05, 3.63) is 68.7 Å². The van der Waals surface area contributed by atoms with Gasteiger partial charge in [-0.05, 0) is 40.0 Å². The first-order valence-electron chi connectivity index (χ1n) is 7.94. The number of hydrogen-bond acceptors (Lipinski definition) is 2. The Balaban J connectivity index is 1.63. The van der Waals surface area contributed by atoms with Crippen LogP contribution in [0.15, 0.2) is 46.9 Å². The van der Waals surface area contributed by atoms with Crippen LogP contribution in [0.1, 0.15) is 29.5 Å². The maximum absolute atomic E-state index is 6.47. The largest absolute Gasteiger partial charge is 0.369 e. The number of ether oxygens (including phenoxy) is 1. The number of nitrogens with zero attached hydrogens (tertiary/aromatic N) is 1. The second-order valence-corrected chi connectivity index (χ2v) is 7.97. The van der Waals surface area contributed by atoms with E-state index in [1.807, 2.05) is 0 Å². The fourth-order valence-corrected chi connectivity index (χ4v) is 4.52. The Kier molecular flexibility index (Phi) is 4.01. The van der Waals surface area contributed by atoms with E-state index in [-0.39, 0.29) is 5.60 Å². The van der Waals surface area contributed by atoms with Crippen LogP contribution in [0.3, 0.4) is 0 Å². The number of halogens is 2. The topological polar surface area (TPSA) is 12.5 Å². The summed E-state index contributed by atoms with van der Waals surface area (Å²) in [4.78, 5) is 2.49. The van der Waals surface area contributed by atoms with Gasteiger partial charge in [0.2, 0.25) is 0 Å². The van der Waals surface area contributed by atoms with Gasteiger partial charge in [0.15, 0.2) is 0 Å². The van der Waals surface area contributed by atoms with Gasteiger partial charge in [0.25, 0.3) is 0 Å². The first kappa shape index (κ1) is 15.6. The maximum atomic E-state index is 6.47. The van der Waals surface area contributed by atoms with E-state index in [4.69, 9.17) is 16.3 Å². The van der Waals surface area contributed by atoms with E-state index in [1.165, 1.54) is 11.1 Å². The third kappa shape index (κ3) is 2.74. The molecule has 0 amide bonds. The minimum atomic E-state index is -0.126. The van der Waals surface area contributed by atoms with Crippen molar-refractivity contribution in [1.29, 1.82) is 0 Å². The number of fused-ring (bicyclic) bond motifs is 3. The van der Waals surface area contributed by atoms with Crippen molar-refractivity contribution in [1.82, 2.24) is 4.90 Å². The zero-order valence-electron chi connectivity index (χ0n) is 13.1. The molecule has 4 rings (SSSR count). The summed E-state index contributed by atoms with van der Waals surface area (Å²) in [6.07, 6.45) is 0. The lowest BCUT2D eigenvalue weighted by atomic mass is 9.81. The zero-order valence-corrected chi connectivity index (χ0v) is 15.4. The average molecular weight is 393 g/mol. The molecule has 2 nitrogen and oxygen atoms in total. The molecule has 1 saturated heterocycles. The number of hydrogen-bond donors (Lipinski definition) is 0. The lowest BCUT2D eigenvalue weighted by molar-refractivity contribution is -0.0567. The molecule has 2 unspecified atom stereocenters. The normalized spacial score (nSPS) is 26.8. The molecule has 0 spiro atoms. The van der Waals surface area contributed by atoms with E-state index in [0.717, 1.165) is 34.7 Å². The average Bonchev–Trinajstić information content (AvgIpc) is 2.88. The summed E-state index contributed by atoms with van der Waals surface area (Å²) in [5.74, 6) is 0.376. The molecule has 0 radical (unpaired) electrons. The van der Waals surface area contributed by atoms with E-state index in [1.54, 1.807) is 0 Å². The molecular weight excluding hydrogens is 374 g/mol. The van der Waals surface area contributed by atoms with Gasteiger partial charge in [-0.1, -0.05) is 48.0 Å². The molecule has 1 fully saturated rings. The summed E-state index contributed by atoms with van der Waals surface area (Å²) in [6.45, 7) is 5.77. The van der Waals surface area contributed by atoms with Gasteiger partial charge in [-0.15, -0.1) is 0 Å². The lowest BCUT2D eigenvalue weighted by Gasteiger charge is -2.37. The number of rotatable bonds is 2. The Morgan fingerprint density at radius 1 is 1.26 bits per heavy atom. The standard InChI is InChI=1S/C19H19BrClNO/c1-19-12-22(9-13-5-3-2-4-6-13)10-16(19)14-7-8-17(20)18(21)15(14)11-23-19/h2-8,16H,9-12H2,1H3. The molecule has 2 heterocycles. The maximum Gasteiger partial charge on any atom is 0.0866 e. The molecule has 2 aromatic rings. The second kappa shape index (κ2) is 5.89. The molecule has 120 valence electrons. The van der Waals surface area contributed by atoms with E-state index >= 15 is 0 Å². The molecule has 2 aliphatic rings. The zero-order chi connectivity index (χ0) is 16.0. The minimum Gasteiger partial charge on any atom is -0.369 e. The van der Waals surface area contributed by atoms with E-state index < -0.39 is 0 Å². The monoisotopic (exact) mass is 391 g/mol. The van der Waals surface area contributed by atoms with Crippen LogP contribution in [0.25, 0.3) is 0 Å². The summed E-state index contributed by atoms with van der Waals surface area (Å²) in [5.41, 5.74) is 3.72. The lowest BCUT2D eigenvalue weighted by Crippen LogP contribution is -2.40. The molecule has 0 aromatic heterocycles. The summed E-state index contributed by atoms with van der Waals surface area (Å²) in [5, 5.41) is 0.797. The fraction of sp³-hybridized carbons (Fsp3) is 0.368. The Morgan fingerprint density at radius 3 is 2.83 bits per heavy atom. The molecule has 4 heteroatoms. The van der Waals surface area contributed by atoms with Gasteiger partial charge in [-0.2, -0.15) is 0 Å². The van der Waals surface area contributed by atoms with Crippen LogP contribution in [0.5, 0.6) is 0 Å². The van der Waals surface area contributed by atoms with Crippen LogP contribution in [-0.2, 0) is 17.9 Å². The quantitative estimate of drug-likeness (QED) is 0.714. The molecular formula is C19H19BrClNO. The van der Waals surface area contributed by atoms with Crippen LogP contribution in [0.4, 0.5) is 0 Å². The van der Waals surface area contributed by atoms with Crippen LogP contribution < -0.4 is 0 Å². The van der Waals surface area contributed by atoms with E-state index in [9.17, 15) is 0 Å². The Hall–Kier alpha value is -0.870. The van der Waals surface area contributed by atoms with Crippen molar-refractivity contribution in [2.75, 3.05) is 13.1 Å². The molecule has 23 heavy (non-hydrogen) atoms. The summed E-state index contributed by atoms with van der Waals surface area (Å²) in [6, 6.07) is 14.9. The molecule has 0 aliphatic carbocycles. The highest BCUT2D eigenvalue weighted by Gasteiger charge is 2.48. The summed E-state index contributed by atoms with van der Waals surface area (Å²) < 4.78 is 7.22. The molecule has 2 aliphatic heterocycles. The molecule has 2 aromatic carbocycles. The van der Waals surface area contributed by atoms with E-state index in [2.05, 4.69) is 70.2 Å². The highest BCUT2D eigenvalue weighted by molar-refractivity contribution is 9.10. The van der Waals surface area contributed by atoms with Crippen molar-refractivity contribution in [2.24, 2.45) is 0 Å². The third-order valence-corrected chi connectivity index (χ3v) is 6.44. The van der Waals surface area contributed by atoms with Crippen molar-refractivity contribution in [3.8, 4) is 0 Å². The minimum absolute atomic E-state index is 0.126. The van der Waals surface area contributed by atoms with Gasteiger partial charge in [0.05, 0.1) is 17.2 Å². The van der Waals surface area contributed by atoms with Crippen molar-refractivity contribution in [3.63, 3.8) is 0 Å². The van der Waals surface area contributed by atoms with Crippen molar-refractivity contribution < 1.29 is 4.74 Å². The second-order valence-electron chi connectivity index (χ2n) is 6.74. The molecule has 2 atom stereocenters. The smallest absolute Gasteiger partial charge is 0.0866 e. The van der Waals surface area contributed by atoms with Gasteiger partial charge >= 0.3 is 0 Å². The third-order valence-electron chi connectivity index (χ3n) is 5.12. The number of benzene rings is 2. The van der Waals surface area contributed by atoms with Crippen molar-refractivity contribution >= 4 is 27.5 Å². The molecule has 0 N–H and O–H groups in total. The molecule has 0 saturated carbocycles. The Labute approximate surface area is 150 Å². The van der Waals surface area contributed by atoms with Gasteiger partial charge in [-0.3, -0.25) is 4.90 Å². The first-order valence-corrected chi connectivity index (χ1v) is 9.11. The van der Waals surface area contributed by atoms with Crippen LogP contribution in [0, 0.1) is 0 Å². The predicted octanol–water partition coefficient (Wildman–Crippen LogP) is 4.99. The number of likely N-dealkylation sites (tertiary alicyclic amines) is 1. The highest BCUT2D eigenvalue weighted by Crippen LogP contribution is 2.47. The van der Waals surface area contributed by atoms with Gasteiger partial charge in [0.1, 0.15) is 0 Å². The van der Waals surface area contributed by atoms with Gasteiger partial charge in [0, 0.05) is 35.6 Å². The predicted molar refractivity (Wildman–Crippen MR) is 96.8 cm³/mol. The summed E-state index contributed by atoms with van der Waals surface area (Å²) in [7, 11) is 0. The van der Waals surface area contributed by atoms with Crippen LogP contribution in [0.2, 0.25) is 5.02 Å². The summed E-state index contributed by atoms with van der Waals surface area (Å²) >= 11 is 9.99. The van der Waals surface area contributed by atoms with E-state index in [0.29, 0.717) is 12.5 Å². The SMILES string of the molecule is CC12CN(Cc3ccccc3)CC1c1ccc(Br)c(Cl)c1CO2. The molecule has 0 bridgehead atoms. The van der Waals surface area contributed by atoms with Crippen LogP contribution >= 0.6 is 27.5 Å². The Bertz CT molecular complexity index is 736. The first-order chi connectivity index (χ1) is 11.1. The van der Waals surface area contributed by atoms with Crippen molar-refractivity contribution in [2.45, 2.75) is 31.6 Å².